The third-order valence-corrected chi connectivity index (χ3v) is 5.34. The highest BCUT2D eigenvalue weighted by Crippen LogP contribution is 2.28. The second-order valence-corrected chi connectivity index (χ2v) is 6.86. The Morgan fingerprint density at radius 3 is 2.59 bits per heavy atom. The molecule has 3 rings (SSSR count). The summed E-state index contributed by atoms with van der Waals surface area (Å²) in [5, 5.41) is 9.78. The lowest BCUT2D eigenvalue weighted by atomic mass is 9.83. The molecular formula is C18H26N2O2. The van der Waals surface area contributed by atoms with Crippen LogP contribution in [0.15, 0.2) is 24.3 Å². The van der Waals surface area contributed by atoms with Crippen molar-refractivity contribution in [1.29, 1.82) is 0 Å². The zero-order chi connectivity index (χ0) is 15.5. The first kappa shape index (κ1) is 15.5. The molecule has 1 aromatic carbocycles. The van der Waals surface area contributed by atoms with Gasteiger partial charge in [-0.2, -0.15) is 0 Å². The van der Waals surface area contributed by atoms with E-state index in [2.05, 4.69) is 29.2 Å². The molecule has 0 bridgehead atoms. The maximum Gasteiger partial charge on any atom is 0.246 e. The van der Waals surface area contributed by atoms with Gasteiger partial charge in [0.05, 0.1) is 0 Å². The number of likely N-dealkylation sites (tertiary alicyclic amines) is 1. The van der Waals surface area contributed by atoms with Crippen LogP contribution in [-0.4, -0.2) is 41.7 Å². The molecule has 2 atom stereocenters. The molecule has 1 amide bonds. The number of fused-ring (bicyclic) bond motifs is 1. The van der Waals surface area contributed by atoms with Crippen LogP contribution in [0.1, 0.15) is 30.4 Å². The normalized spacial score (nSPS) is 24.7. The summed E-state index contributed by atoms with van der Waals surface area (Å²) < 4.78 is 0. The van der Waals surface area contributed by atoms with Crippen LogP contribution >= 0.6 is 0 Å². The number of carbonyl (C=O) groups is 1. The van der Waals surface area contributed by atoms with Crippen LogP contribution in [0.2, 0.25) is 0 Å². The van der Waals surface area contributed by atoms with E-state index >= 15 is 0 Å². The van der Waals surface area contributed by atoms with Crippen molar-refractivity contribution in [3.05, 3.63) is 35.4 Å². The van der Waals surface area contributed by atoms with Crippen LogP contribution in [0.25, 0.3) is 0 Å². The molecule has 1 aliphatic carbocycles. The average Bonchev–Trinajstić information content (AvgIpc) is 2.55. The highest BCUT2D eigenvalue weighted by molar-refractivity contribution is 5.78. The van der Waals surface area contributed by atoms with Gasteiger partial charge >= 0.3 is 0 Å². The Hall–Kier alpha value is -1.39. The SMILES string of the molecule is NC(=O)C(O)C1CCN(CC2CCc3ccccc3C2)CC1. The van der Waals surface area contributed by atoms with E-state index in [1.807, 2.05) is 0 Å². The Morgan fingerprint density at radius 2 is 1.91 bits per heavy atom. The number of benzene rings is 1. The lowest BCUT2D eigenvalue weighted by molar-refractivity contribution is -0.129. The van der Waals surface area contributed by atoms with Crippen LogP contribution < -0.4 is 5.73 Å². The van der Waals surface area contributed by atoms with Gasteiger partial charge in [0.2, 0.25) is 5.91 Å². The van der Waals surface area contributed by atoms with Gasteiger partial charge in [0.1, 0.15) is 6.10 Å². The lowest BCUT2D eigenvalue weighted by Crippen LogP contribution is -2.44. The molecule has 4 heteroatoms. The number of hydrogen-bond acceptors (Lipinski definition) is 3. The smallest absolute Gasteiger partial charge is 0.246 e. The van der Waals surface area contributed by atoms with Crippen molar-refractivity contribution in [2.24, 2.45) is 17.6 Å². The number of hydrogen-bond donors (Lipinski definition) is 2. The number of rotatable bonds is 4. The van der Waals surface area contributed by atoms with Gasteiger partial charge in [-0.3, -0.25) is 4.79 Å². The van der Waals surface area contributed by atoms with E-state index in [4.69, 9.17) is 5.73 Å². The van der Waals surface area contributed by atoms with Gasteiger partial charge in [0.15, 0.2) is 0 Å². The van der Waals surface area contributed by atoms with Crippen molar-refractivity contribution in [2.45, 2.75) is 38.2 Å². The third-order valence-electron chi connectivity index (χ3n) is 5.34. The van der Waals surface area contributed by atoms with Gasteiger partial charge in [0.25, 0.3) is 0 Å². The van der Waals surface area contributed by atoms with Gasteiger partial charge in [-0.1, -0.05) is 24.3 Å². The van der Waals surface area contributed by atoms with Gasteiger partial charge < -0.3 is 15.7 Å². The highest BCUT2D eigenvalue weighted by Gasteiger charge is 2.29. The molecule has 0 saturated carbocycles. The van der Waals surface area contributed by atoms with Crippen molar-refractivity contribution in [1.82, 2.24) is 4.90 Å². The monoisotopic (exact) mass is 302 g/mol. The van der Waals surface area contributed by atoms with Crippen molar-refractivity contribution in [3.8, 4) is 0 Å². The fourth-order valence-electron chi connectivity index (χ4n) is 3.98. The van der Waals surface area contributed by atoms with Crippen LogP contribution in [0.5, 0.6) is 0 Å². The number of nitrogens with zero attached hydrogens (tertiary/aromatic N) is 1. The van der Waals surface area contributed by atoms with Gasteiger partial charge in [-0.15, -0.1) is 0 Å². The summed E-state index contributed by atoms with van der Waals surface area (Å²) in [7, 11) is 0. The summed E-state index contributed by atoms with van der Waals surface area (Å²) in [6, 6.07) is 8.78. The van der Waals surface area contributed by atoms with Crippen LogP contribution in [-0.2, 0) is 17.6 Å². The Labute approximate surface area is 132 Å². The fraction of sp³-hybridized carbons (Fsp3) is 0.611. The second-order valence-electron chi connectivity index (χ2n) is 6.86. The first-order valence-corrected chi connectivity index (χ1v) is 8.40. The minimum Gasteiger partial charge on any atom is -0.383 e. The molecule has 1 aromatic rings. The van der Waals surface area contributed by atoms with Crippen LogP contribution in [0.3, 0.4) is 0 Å². The van der Waals surface area contributed by atoms with Crippen molar-refractivity contribution < 1.29 is 9.90 Å². The zero-order valence-corrected chi connectivity index (χ0v) is 13.1. The van der Waals surface area contributed by atoms with Crippen molar-refractivity contribution in [2.75, 3.05) is 19.6 Å². The average molecular weight is 302 g/mol. The van der Waals surface area contributed by atoms with Crippen LogP contribution in [0.4, 0.5) is 0 Å². The zero-order valence-electron chi connectivity index (χ0n) is 13.1. The van der Waals surface area contributed by atoms with Gasteiger partial charge in [0, 0.05) is 6.54 Å². The standard InChI is InChI=1S/C18H26N2O2/c19-18(22)17(21)15-7-9-20(10-8-15)12-13-5-6-14-3-1-2-4-16(14)11-13/h1-4,13,15,17,21H,5-12H2,(H2,19,22). The number of aliphatic hydroxyl groups excluding tert-OH is 1. The molecule has 0 radical (unpaired) electrons. The first-order valence-electron chi connectivity index (χ1n) is 8.40. The van der Waals surface area contributed by atoms with E-state index in [1.165, 1.54) is 30.4 Å². The van der Waals surface area contributed by atoms with E-state index in [1.54, 1.807) is 0 Å². The highest BCUT2D eigenvalue weighted by atomic mass is 16.3. The summed E-state index contributed by atoms with van der Waals surface area (Å²) in [4.78, 5) is 13.6. The Balaban J connectivity index is 1.49. The Morgan fingerprint density at radius 1 is 1.23 bits per heavy atom. The largest absolute Gasteiger partial charge is 0.383 e. The van der Waals surface area contributed by atoms with E-state index in [0.717, 1.165) is 38.4 Å². The molecule has 2 unspecified atom stereocenters. The van der Waals surface area contributed by atoms with E-state index in [9.17, 15) is 9.90 Å². The Bertz CT molecular complexity index is 524. The van der Waals surface area contributed by atoms with Gasteiger partial charge in [-0.05, 0) is 68.2 Å². The quantitative estimate of drug-likeness (QED) is 0.882. The maximum atomic E-state index is 11.1. The summed E-state index contributed by atoms with van der Waals surface area (Å²) in [5.41, 5.74) is 8.22. The second kappa shape index (κ2) is 6.80. The molecule has 1 aliphatic heterocycles. The molecule has 120 valence electrons. The molecule has 2 aliphatic rings. The maximum absolute atomic E-state index is 11.1. The van der Waals surface area contributed by atoms with Crippen molar-refractivity contribution in [3.63, 3.8) is 0 Å². The van der Waals surface area contributed by atoms with E-state index < -0.39 is 12.0 Å². The summed E-state index contributed by atoms with van der Waals surface area (Å²) in [6.45, 7) is 3.06. The molecule has 3 N–H and O–H groups in total. The van der Waals surface area contributed by atoms with Crippen molar-refractivity contribution >= 4 is 5.91 Å². The fourth-order valence-corrected chi connectivity index (χ4v) is 3.98. The summed E-state index contributed by atoms with van der Waals surface area (Å²) >= 11 is 0. The number of primary amides is 1. The molecule has 1 saturated heterocycles. The number of amides is 1. The molecule has 22 heavy (non-hydrogen) atoms. The number of carbonyl (C=O) groups excluding carboxylic acids is 1. The lowest BCUT2D eigenvalue weighted by Gasteiger charge is -2.36. The molecule has 0 aromatic heterocycles. The van der Waals surface area contributed by atoms with E-state index in [0.29, 0.717) is 0 Å². The number of piperidine rings is 1. The predicted molar refractivity (Wildman–Crippen MR) is 86.3 cm³/mol. The molecule has 0 spiro atoms. The number of aryl methyl sites for hydroxylation is 1. The number of nitrogens with two attached hydrogens (primary N) is 1. The molecule has 4 nitrogen and oxygen atoms in total. The van der Waals surface area contributed by atoms with E-state index in [-0.39, 0.29) is 5.92 Å². The number of aliphatic hydroxyl groups is 1. The topological polar surface area (TPSA) is 66.6 Å². The van der Waals surface area contributed by atoms with Gasteiger partial charge in [-0.25, -0.2) is 0 Å². The third kappa shape index (κ3) is 3.50. The molecule has 1 heterocycles. The molecule has 1 fully saturated rings. The Kier molecular flexibility index (Phi) is 4.79. The van der Waals surface area contributed by atoms with Crippen LogP contribution in [0, 0.1) is 11.8 Å². The minimum absolute atomic E-state index is 0.0424. The predicted octanol–water partition coefficient (Wildman–Crippen LogP) is 1.35. The first-order chi connectivity index (χ1) is 10.6. The minimum atomic E-state index is -0.969. The summed E-state index contributed by atoms with van der Waals surface area (Å²) in [5.74, 6) is 0.190. The summed E-state index contributed by atoms with van der Waals surface area (Å²) in [6.07, 6.45) is 4.41. The molecular weight excluding hydrogens is 276 g/mol.